The van der Waals surface area contributed by atoms with Crippen LogP contribution >= 0.6 is 0 Å². The number of carbonyl (C=O) groups excluding carboxylic acids is 2. The number of halogens is 1. The van der Waals surface area contributed by atoms with Crippen molar-refractivity contribution < 1.29 is 22.4 Å². The summed E-state index contributed by atoms with van der Waals surface area (Å²) in [6.45, 7) is 0.504. The summed E-state index contributed by atoms with van der Waals surface area (Å²) < 4.78 is 40.5. The average Bonchev–Trinajstić information content (AvgIpc) is 3.48. The van der Waals surface area contributed by atoms with E-state index in [1.165, 1.54) is 30.3 Å². The van der Waals surface area contributed by atoms with Crippen LogP contribution in [0.15, 0.2) is 47.4 Å². The summed E-state index contributed by atoms with van der Waals surface area (Å²) >= 11 is 0. The summed E-state index contributed by atoms with van der Waals surface area (Å²) in [6.07, 6.45) is 2.41. The molecule has 4 rings (SSSR count). The Hall–Kier alpha value is -2.78. The molecule has 1 heterocycles. The number of carbonyl (C=O) groups is 2. The molecule has 0 bridgehead atoms. The van der Waals surface area contributed by atoms with Crippen LogP contribution in [0.1, 0.15) is 24.8 Å². The average molecular weight is 431 g/mol. The largest absolute Gasteiger partial charge is 0.326 e. The highest BCUT2D eigenvalue weighted by molar-refractivity contribution is 7.89. The summed E-state index contributed by atoms with van der Waals surface area (Å²) in [5, 5.41) is 2.58. The van der Waals surface area contributed by atoms with Crippen molar-refractivity contribution in [1.82, 2.24) is 4.72 Å². The number of hydrogen-bond donors (Lipinski definition) is 2. The highest BCUT2D eigenvalue weighted by atomic mass is 32.2. The first kappa shape index (κ1) is 20.5. The van der Waals surface area contributed by atoms with Crippen molar-refractivity contribution in [1.29, 1.82) is 0 Å². The molecule has 7 nitrogen and oxygen atoms in total. The van der Waals surface area contributed by atoms with Gasteiger partial charge in [0, 0.05) is 36.8 Å². The number of sulfonamides is 1. The molecule has 2 aromatic carbocycles. The van der Waals surface area contributed by atoms with Crippen molar-refractivity contribution in [3.63, 3.8) is 0 Å². The fourth-order valence-electron chi connectivity index (χ4n) is 3.46. The predicted octanol–water partition coefficient (Wildman–Crippen LogP) is 2.43. The van der Waals surface area contributed by atoms with Gasteiger partial charge in [0.05, 0.1) is 4.90 Å². The van der Waals surface area contributed by atoms with E-state index < -0.39 is 15.8 Å². The Bertz CT molecular complexity index is 1080. The minimum atomic E-state index is -3.78. The molecule has 1 aliphatic carbocycles. The third kappa shape index (κ3) is 4.52. The number of hydrogen-bond acceptors (Lipinski definition) is 4. The van der Waals surface area contributed by atoms with Gasteiger partial charge in [0.25, 0.3) is 0 Å². The quantitative estimate of drug-likeness (QED) is 0.704. The number of nitrogens with zero attached hydrogens (tertiary/aromatic N) is 1. The molecule has 1 saturated carbocycles. The fraction of sp³-hybridized carbons (Fsp3) is 0.333. The number of amides is 2. The molecule has 2 aromatic rings. The second kappa shape index (κ2) is 8.16. The maximum atomic E-state index is 12.9. The zero-order chi connectivity index (χ0) is 21.3. The van der Waals surface area contributed by atoms with Crippen LogP contribution in [-0.4, -0.2) is 33.3 Å². The molecule has 0 aromatic heterocycles. The van der Waals surface area contributed by atoms with Crippen LogP contribution < -0.4 is 14.9 Å². The van der Waals surface area contributed by atoms with Crippen molar-refractivity contribution in [2.45, 2.75) is 30.6 Å². The molecule has 158 valence electrons. The second-order valence-corrected chi connectivity index (χ2v) is 9.27. The number of nitrogens with one attached hydrogen (secondary N) is 2. The van der Waals surface area contributed by atoms with Gasteiger partial charge < -0.3 is 10.2 Å². The molecule has 30 heavy (non-hydrogen) atoms. The maximum Gasteiger partial charge on any atom is 0.240 e. The number of anilines is 2. The molecule has 0 atom stereocenters. The molecular weight excluding hydrogens is 409 g/mol. The van der Waals surface area contributed by atoms with Gasteiger partial charge in [-0.1, -0.05) is 0 Å². The van der Waals surface area contributed by atoms with E-state index in [0.29, 0.717) is 18.7 Å². The van der Waals surface area contributed by atoms with Crippen LogP contribution in [0.4, 0.5) is 15.8 Å². The van der Waals surface area contributed by atoms with E-state index in [4.69, 9.17) is 0 Å². The normalized spacial score (nSPS) is 15.7. The lowest BCUT2D eigenvalue weighted by Crippen LogP contribution is -2.30. The zero-order valence-corrected chi connectivity index (χ0v) is 17.0. The van der Waals surface area contributed by atoms with Crippen LogP contribution in [0.2, 0.25) is 0 Å². The minimum Gasteiger partial charge on any atom is -0.326 e. The Morgan fingerprint density at radius 2 is 1.83 bits per heavy atom. The van der Waals surface area contributed by atoms with Crippen molar-refractivity contribution >= 4 is 33.2 Å². The molecule has 9 heteroatoms. The molecular formula is C21H22FN3O4S. The Balaban J connectivity index is 1.34. The molecule has 2 amide bonds. The van der Waals surface area contributed by atoms with Gasteiger partial charge in [0.2, 0.25) is 21.8 Å². The summed E-state index contributed by atoms with van der Waals surface area (Å²) in [6, 6.07) is 10.1. The molecule has 1 aliphatic heterocycles. The van der Waals surface area contributed by atoms with E-state index in [1.54, 1.807) is 17.0 Å². The van der Waals surface area contributed by atoms with Crippen LogP contribution in [-0.2, 0) is 26.0 Å². The monoisotopic (exact) mass is 431 g/mol. The van der Waals surface area contributed by atoms with Crippen LogP contribution in [0, 0.1) is 11.7 Å². The summed E-state index contributed by atoms with van der Waals surface area (Å²) in [5.41, 5.74) is 2.05. The molecule has 2 aliphatic rings. The number of rotatable bonds is 7. The lowest BCUT2D eigenvalue weighted by molar-refractivity contribution is -0.119. The van der Waals surface area contributed by atoms with Gasteiger partial charge in [-0.15, -0.1) is 0 Å². The maximum absolute atomic E-state index is 12.9. The smallest absolute Gasteiger partial charge is 0.240 e. The lowest BCUT2D eigenvalue weighted by atomic mass is 10.2. The highest BCUT2D eigenvalue weighted by Crippen LogP contribution is 2.37. The van der Waals surface area contributed by atoms with Crippen molar-refractivity contribution in [2.24, 2.45) is 5.92 Å². The van der Waals surface area contributed by atoms with Crippen molar-refractivity contribution in [3.05, 3.63) is 53.8 Å². The van der Waals surface area contributed by atoms with E-state index in [0.717, 1.165) is 24.1 Å². The molecule has 0 unspecified atom stereocenters. The topological polar surface area (TPSA) is 95.6 Å². The Kier molecular flexibility index (Phi) is 5.57. The Morgan fingerprint density at radius 1 is 1.10 bits per heavy atom. The zero-order valence-electron chi connectivity index (χ0n) is 16.2. The number of fused-ring (bicyclic) bond motifs is 1. The number of benzene rings is 2. The van der Waals surface area contributed by atoms with Gasteiger partial charge in [-0.2, -0.15) is 0 Å². The van der Waals surface area contributed by atoms with Gasteiger partial charge in [-0.25, -0.2) is 17.5 Å². The second-order valence-electron chi connectivity index (χ2n) is 7.51. The first-order valence-electron chi connectivity index (χ1n) is 9.83. The third-order valence-corrected chi connectivity index (χ3v) is 6.68. The molecule has 1 fully saturated rings. The van der Waals surface area contributed by atoms with E-state index in [9.17, 15) is 22.4 Å². The third-order valence-electron chi connectivity index (χ3n) is 5.22. The molecule has 0 radical (unpaired) electrons. The summed E-state index contributed by atoms with van der Waals surface area (Å²) in [5.74, 6) is -0.556. The van der Waals surface area contributed by atoms with E-state index in [2.05, 4.69) is 10.0 Å². The molecule has 2 N–H and O–H groups in total. The first-order valence-corrected chi connectivity index (χ1v) is 11.3. The van der Waals surface area contributed by atoms with Gasteiger partial charge >= 0.3 is 0 Å². The SMILES string of the molecule is O=C(CCNS(=O)(=O)c1ccc2c(c1)CCN2C(=O)C1CC1)Nc1ccc(F)cc1. The van der Waals surface area contributed by atoms with Crippen LogP contribution in [0.25, 0.3) is 0 Å². The fourth-order valence-corrected chi connectivity index (χ4v) is 4.55. The van der Waals surface area contributed by atoms with E-state index in [1.807, 2.05) is 0 Å². The van der Waals surface area contributed by atoms with Gasteiger partial charge in [0.1, 0.15) is 5.82 Å². The lowest BCUT2D eigenvalue weighted by Gasteiger charge is -2.17. The van der Waals surface area contributed by atoms with E-state index in [-0.39, 0.29) is 35.6 Å². The Labute approximate surface area is 174 Å². The Morgan fingerprint density at radius 3 is 2.53 bits per heavy atom. The standard InChI is InChI=1S/C21H22FN3O4S/c22-16-3-5-17(6-4-16)24-20(26)9-11-23-30(28,29)18-7-8-19-15(13-18)10-12-25(19)21(27)14-1-2-14/h3-8,13-14,23H,1-2,9-12H2,(H,24,26). The van der Waals surface area contributed by atoms with Crippen LogP contribution in [0.5, 0.6) is 0 Å². The first-order chi connectivity index (χ1) is 14.3. The van der Waals surface area contributed by atoms with Gasteiger partial charge in [-0.3, -0.25) is 9.59 Å². The summed E-state index contributed by atoms with van der Waals surface area (Å²) in [4.78, 5) is 26.2. The van der Waals surface area contributed by atoms with Gasteiger partial charge in [0.15, 0.2) is 0 Å². The summed E-state index contributed by atoms with van der Waals surface area (Å²) in [7, 11) is -3.78. The van der Waals surface area contributed by atoms with Crippen molar-refractivity contribution in [3.8, 4) is 0 Å². The molecule has 0 spiro atoms. The molecule has 0 saturated heterocycles. The minimum absolute atomic E-state index is 0.0643. The van der Waals surface area contributed by atoms with Crippen molar-refractivity contribution in [2.75, 3.05) is 23.3 Å². The van der Waals surface area contributed by atoms with E-state index >= 15 is 0 Å². The van der Waals surface area contributed by atoms with Gasteiger partial charge in [-0.05, 0) is 67.3 Å². The highest BCUT2D eigenvalue weighted by Gasteiger charge is 2.36. The predicted molar refractivity (Wildman–Crippen MR) is 110 cm³/mol. The van der Waals surface area contributed by atoms with Crippen LogP contribution in [0.3, 0.4) is 0 Å².